The molecule has 1 rings (SSSR count). The Hall–Kier alpha value is -1.83. The summed E-state index contributed by atoms with van der Waals surface area (Å²) < 4.78 is 0. The van der Waals surface area contributed by atoms with Gasteiger partial charge in [-0.1, -0.05) is 25.2 Å². The summed E-state index contributed by atoms with van der Waals surface area (Å²) in [6, 6.07) is -0.624. The lowest BCUT2D eigenvalue weighted by Crippen LogP contribution is -2.43. The molecule has 112 valence electrons. The highest BCUT2D eigenvalue weighted by molar-refractivity contribution is 7.18. The maximum absolute atomic E-state index is 12.0. The summed E-state index contributed by atoms with van der Waals surface area (Å²) in [5.74, 6) is -0.0261. The summed E-state index contributed by atoms with van der Waals surface area (Å²) in [6.07, 6.45) is 0. The number of hydrogen-bond acceptors (Lipinski definition) is 6. The molecule has 1 heterocycles. The van der Waals surface area contributed by atoms with E-state index in [-0.39, 0.29) is 11.7 Å². The van der Waals surface area contributed by atoms with Crippen molar-refractivity contribution in [3.63, 3.8) is 0 Å². The zero-order valence-electron chi connectivity index (χ0n) is 12.1. The van der Waals surface area contributed by atoms with Crippen LogP contribution in [0.25, 0.3) is 0 Å². The monoisotopic (exact) mass is 299 g/mol. The second-order valence-corrected chi connectivity index (χ2v) is 5.82. The van der Waals surface area contributed by atoms with Crippen molar-refractivity contribution in [3.8, 4) is 0 Å². The van der Waals surface area contributed by atoms with E-state index in [9.17, 15) is 9.59 Å². The smallest absolute Gasteiger partial charge is 0.265 e. The van der Waals surface area contributed by atoms with Gasteiger partial charge in [0.15, 0.2) is 5.13 Å². The number of likely N-dealkylation sites (N-methyl/N-ethyl adjacent to an activating group) is 1. The van der Waals surface area contributed by atoms with Crippen molar-refractivity contribution in [3.05, 3.63) is 4.88 Å². The number of aromatic nitrogens is 1. The summed E-state index contributed by atoms with van der Waals surface area (Å²) >= 11 is 1.18. The molecule has 1 unspecified atom stereocenters. The predicted octanol–water partition coefficient (Wildman–Crippen LogP) is 0.657. The van der Waals surface area contributed by atoms with Crippen LogP contribution in [0, 0.1) is 5.92 Å². The van der Waals surface area contributed by atoms with Crippen molar-refractivity contribution in [1.29, 1.82) is 0 Å². The van der Waals surface area contributed by atoms with Gasteiger partial charge in [0.2, 0.25) is 5.91 Å². The molecular weight excluding hydrogens is 278 g/mol. The maximum Gasteiger partial charge on any atom is 0.265 e. The van der Waals surface area contributed by atoms with Crippen molar-refractivity contribution in [2.45, 2.75) is 26.8 Å². The largest absolute Gasteiger partial charge is 0.382 e. The summed E-state index contributed by atoms with van der Waals surface area (Å²) in [5.41, 5.74) is 5.73. The second-order valence-electron chi connectivity index (χ2n) is 4.82. The van der Waals surface area contributed by atoms with E-state index < -0.39 is 11.9 Å². The van der Waals surface area contributed by atoms with E-state index in [0.717, 1.165) is 6.54 Å². The molecule has 1 aromatic rings. The third-order valence-corrected chi connectivity index (χ3v) is 3.54. The summed E-state index contributed by atoms with van der Waals surface area (Å²) in [4.78, 5) is 27.8. The van der Waals surface area contributed by atoms with Crippen LogP contribution in [0.3, 0.4) is 0 Å². The Bertz CT molecular complexity index is 486. The van der Waals surface area contributed by atoms with Gasteiger partial charge in [-0.05, 0) is 12.8 Å². The molecule has 0 radical (unpaired) electrons. The number of thiazole rings is 1. The Kier molecular flexibility index (Phi) is 5.75. The van der Waals surface area contributed by atoms with Gasteiger partial charge >= 0.3 is 0 Å². The van der Waals surface area contributed by atoms with Gasteiger partial charge in [0.05, 0.1) is 0 Å². The third-order valence-electron chi connectivity index (χ3n) is 2.51. The van der Waals surface area contributed by atoms with Gasteiger partial charge in [0.25, 0.3) is 5.91 Å². The van der Waals surface area contributed by atoms with E-state index in [1.807, 2.05) is 0 Å². The molecule has 0 bridgehead atoms. The quantitative estimate of drug-likeness (QED) is 0.617. The number of rotatable bonds is 6. The van der Waals surface area contributed by atoms with Gasteiger partial charge in [-0.25, -0.2) is 4.98 Å². The number of carbonyl (C=O) groups is 2. The lowest BCUT2D eigenvalue weighted by molar-refractivity contribution is -0.122. The zero-order valence-corrected chi connectivity index (χ0v) is 12.9. The highest BCUT2D eigenvalue weighted by atomic mass is 32.1. The molecule has 8 heteroatoms. The highest BCUT2D eigenvalue weighted by Gasteiger charge is 2.20. The summed E-state index contributed by atoms with van der Waals surface area (Å²) in [5, 5.41) is 8.76. The molecule has 0 saturated carbocycles. The number of amides is 2. The molecule has 7 nitrogen and oxygen atoms in total. The van der Waals surface area contributed by atoms with Crippen LogP contribution in [-0.4, -0.2) is 36.4 Å². The molecule has 0 spiro atoms. The first-order chi connectivity index (χ1) is 9.35. The van der Waals surface area contributed by atoms with Crippen molar-refractivity contribution in [2.75, 3.05) is 24.6 Å². The van der Waals surface area contributed by atoms with Crippen LogP contribution >= 0.6 is 11.3 Å². The van der Waals surface area contributed by atoms with E-state index in [1.54, 1.807) is 6.92 Å². The van der Waals surface area contributed by atoms with Crippen LogP contribution in [0.15, 0.2) is 0 Å². The van der Waals surface area contributed by atoms with Gasteiger partial charge in [0.1, 0.15) is 16.7 Å². The average Bonchev–Trinajstić information content (AvgIpc) is 2.76. The molecule has 2 amide bonds. The molecule has 0 saturated heterocycles. The molecule has 0 aliphatic rings. The van der Waals surface area contributed by atoms with E-state index >= 15 is 0 Å². The van der Waals surface area contributed by atoms with Crippen LogP contribution in [-0.2, 0) is 4.79 Å². The molecule has 0 aromatic carbocycles. The van der Waals surface area contributed by atoms with Gasteiger partial charge in [-0.2, -0.15) is 0 Å². The van der Waals surface area contributed by atoms with Crippen molar-refractivity contribution in [2.24, 2.45) is 5.92 Å². The lowest BCUT2D eigenvalue weighted by atomic mass is 10.2. The van der Waals surface area contributed by atoms with E-state index in [2.05, 4.69) is 34.8 Å². The van der Waals surface area contributed by atoms with Crippen molar-refractivity contribution >= 4 is 34.1 Å². The normalized spacial score (nSPS) is 12.1. The first-order valence-corrected chi connectivity index (χ1v) is 7.19. The van der Waals surface area contributed by atoms with Crippen molar-refractivity contribution < 1.29 is 9.59 Å². The molecule has 20 heavy (non-hydrogen) atoms. The topological polar surface area (TPSA) is 109 Å². The number of hydrogen-bond donors (Lipinski definition) is 4. The van der Waals surface area contributed by atoms with E-state index in [0.29, 0.717) is 15.9 Å². The van der Waals surface area contributed by atoms with Gasteiger partial charge < -0.3 is 21.7 Å². The standard InChI is InChI=1S/C12H21N5O2S/c1-6(2)5-15-12-17-9(13)8(20-12)11(19)16-7(3)10(18)14-4/h6-7H,5,13H2,1-4H3,(H,14,18)(H,15,17)(H,16,19). The minimum absolute atomic E-state index is 0.169. The van der Waals surface area contributed by atoms with Crippen LogP contribution in [0.5, 0.6) is 0 Å². The van der Waals surface area contributed by atoms with E-state index in [4.69, 9.17) is 5.73 Å². The SMILES string of the molecule is CNC(=O)C(C)NC(=O)c1sc(NCC(C)C)nc1N. The van der Waals surface area contributed by atoms with Crippen LogP contribution in [0.1, 0.15) is 30.4 Å². The van der Waals surface area contributed by atoms with E-state index in [1.165, 1.54) is 18.4 Å². The Morgan fingerprint density at radius 3 is 2.55 bits per heavy atom. The highest BCUT2D eigenvalue weighted by Crippen LogP contribution is 2.25. The number of carbonyl (C=O) groups excluding carboxylic acids is 2. The van der Waals surface area contributed by atoms with Gasteiger partial charge in [-0.15, -0.1) is 0 Å². The molecule has 0 fully saturated rings. The molecule has 0 aliphatic heterocycles. The van der Waals surface area contributed by atoms with Crippen LogP contribution in [0.2, 0.25) is 0 Å². The minimum atomic E-state index is -0.624. The molecule has 1 aromatic heterocycles. The fourth-order valence-corrected chi connectivity index (χ4v) is 2.20. The zero-order chi connectivity index (χ0) is 15.3. The Labute approximate surface area is 122 Å². The number of nitrogen functional groups attached to an aromatic ring is 1. The molecular formula is C12H21N5O2S. The fraction of sp³-hybridized carbons (Fsp3) is 0.583. The summed E-state index contributed by atoms with van der Waals surface area (Å²) in [6.45, 7) is 6.50. The Morgan fingerprint density at radius 2 is 2.00 bits per heavy atom. The number of anilines is 2. The van der Waals surface area contributed by atoms with Crippen molar-refractivity contribution in [1.82, 2.24) is 15.6 Å². The number of nitrogens with two attached hydrogens (primary N) is 1. The Morgan fingerprint density at radius 1 is 1.35 bits per heavy atom. The lowest BCUT2D eigenvalue weighted by Gasteiger charge is -2.11. The number of nitrogens with zero attached hydrogens (tertiary/aromatic N) is 1. The van der Waals surface area contributed by atoms with Crippen LogP contribution < -0.4 is 21.7 Å². The predicted molar refractivity (Wildman–Crippen MR) is 80.8 cm³/mol. The fourth-order valence-electron chi connectivity index (χ4n) is 1.41. The first-order valence-electron chi connectivity index (χ1n) is 6.37. The molecule has 1 atom stereocenters. The van der Waals surface area contributed by atoms with Crippen LogP contribution in [0.4, 0.5) is 10.9 Å². The second kappa shape index (κ2) is 7.09. The summed E-state index contributed by atoms with van der Waals surface area (Å²) in [7, 11) is 1.51. The Balaban J connectivity index is 2.71. The minimum Gasteiger partial charge on any atom is -0.382 e. The molecule has 0 aliphatic carbocycles. The maximum atomic E-state index is 12.0. The third kappa shape index (κ3) is 4.37. The average molecular weight is 299 g/mol. The molecule has 5 N–H and O–H groups in total. The van der Waals surface area contributed by atoms with Gasteiger partial charge in [0, 0.05) is 13.6 Å². The van der Waals surface area contributed by atoms with Gasteiger partial charge in [-0.3, -0.25) is 9.59 Å². The number of nitrogens with one attached hydrogen (secondary N) is 3. The first kappa shape index (κ1) is 16.2.